The van der Waals surface area contributed by atoms with Gasteiger partial charge < -0.3 is 14.8 Å². The SMILES string of the molecule is CCCNC1CC(Oc2cccc(S(C)(=O)=O)c2)C1OC. The molecule has 3 atom stereocenters. The van der Waals surface area contributed by atoms with Gasteiger partial charge in [0.25, 0.3) is 0 Å². The quantitative estimate of drug-likeness (QED) is 0.829. The molecule has 0 spiro atoms. The Hall–Kier alpha value is -1.11. The Labute approximate surface area is 126 Å². The lowest BCUT2D eigenvalue weighted by atomic mass is 9.85. The fourth-order valence-corrected chi connectivity index (χ4v) is 3.15. The molecule has 0 saturated heterocycles. The van der Waals surface area contributed by atoms with Gasteiger partial charge in [-0.05, 0) is 31.2 Å². The smallest absolute Gasteiger partial charge is 0.175 e. The van der Waals surface area contributed by atoms with Gasteiger partial charge in [0.2, 0.25) is 0 Å². The molecule has 1 aromatic carbocycles. The molecule has 0 heterocycles. The van der Waals surface area contributed by atoms with Gasteiger partial charge in [-0.15, -0.1) is 0 Å². The number of hydrogen-bond acceptors (Lipinski definition) is 5. The molecule has 1 fully saturated rings. The zero-order valence-corrected chi connectivity index (χ0v) is 13.5. The monoisotopic (exact) mass is 313 g/mol. The molecule has 0 amide bonds. The first-order valence-electron chi connectivity index (χ1n) is 7.18. The van der Waals surface area contributed by atoms with Crippen LogP contribution in [0.5, 0.6) is 5.75 Å². The highest BCUT2D eigenvalue weighted by molar-refractivity contribution is 7.90. The van der Waals surface area contributed by atoms with Crippen molar-refractivity contribution >= 4 is 9.84 Å². The lowest BCUT2D eigenvalue weighted by molar-refractivity contribution is -0.0887. The molecule has 1 aliphatic rings. The van der Waals surface area contributed by atoms with Crippen LogP contribution in [0.3, 0.4) is 0 Å². The molecule has 0 bridgehead atoms. The molecule has 1 aromatic rings. The van der Waals surface area contributed by atoms with Crippen molar-refractivity contribution in [1.29, 1.82) is 0 Å². The Kier molecular flexibility index (Phi) is 5.24. The molecular weight excluding hydrogens is 290 g/mol. The normalized spacial score (nSPS) is 25.4. The summed E-state index contributed by atoms with van der Waals surface area (Å²) in [5, 5.41) is 3.42. The van der Waals surface area contributed by atoms with E-state index in [2.05, 4.69) is 12.2 Å². The van der Waals surface area contributed by atoms with Crippen molar-refractivity contribution in [2.24, 2.45) is 0 Å². The van der Waals surface area contributed by atoms with Crippen LogP contribution < -0.4 is 10.1 Å². The zero-order chi connectivity index (χ0) is 15.5. The van der Waals surface area contributed by atoms with E-state index in [9.17, 15) is 8.42 Å². The van der Waals surface area contributed by atoms with Crippen LogP contribution in [0.2, 0.25) is 0 Å². The number of benzene rings is 1. The standard InChI is InChI=1S/C15H23NO4S/c1-4-8-16-13-10-14(15(13)19-2)20-11-6-5-7-12(9-11)21(3,17)18/h5-7,9,13-16H,4,8,10H2,1-3H3. The summed E-state index contributed by atoms with van der Waals surface area (Å²) in [6.07, 6.45) is 3.09. The minimum absolute atomic E-state index is 0.00144. The first kappa shape index (κ1) is 16.3. The van der Waals surface area contributed by atoms with E-state index < -0.39 is 9.84 Å². The van der Waals surface area contributed by atoms with Crippen LogP contribution in [0, 0.1) is 0 Å². The van der Waals surface area contributed by atoms with Gasteiger partial charge in [-0.25, -0.2) is 8.42 Å². The zero-order valence-electron chi connectivity index (χ0n) is 12.7. The summed E-state index contributed by atoms with van der Waals surface area (Å²) in [5.41, 5.74) is 0. The topological polar surface area (TPSA) is 64.6 Å². The molecule has 6 heteroatoms. The van der Waals surface area contributed by atoms with Gasteiger partial charge >= 0.3 is 0 Å². The van der Waals surface area contributed by atoms with Crippen LogP contribution in [0.1, 0.15) is 19.8 Å². The van der Waals surface area contributed by atoms with Crippen molar-refractivity contribution in [2.45, 2.75) is 42.9 Å². The molecule has 1 aliphatic carbocycles. The summed E-state index contributed by atoms with van der Waals surface area (Å²) in [4.78, 5) is 0.272. The Morgan fingerprint density at radius 3 is 2.76 bits per heavy atom. The summed E-state index contributed by atoms with van der Waals surface area (Å²) in [5.74, 6) is 0.568. The van der Waals surface area contributed by atoms with Gasteiger partial charge in [-0.1, -0.05) is 13.0 Å². The number of methoxy groups -OCH3 is 1. The van der Waals surface area contributed by atoms with Crippen molar-refractivity contribution in [1.82, 2.24) is 5.32 Å². The van der Waals surface area contributed by atoms with E-state index >= 15 is 0 Å². The number of nitrogens with one attached hydrogen (secondary N) is 1. The van der Waals surface area contributed by atoms with Gasteiger partial charge in [0.1, 0.15) is 18.0 Å². The van der Waals surface area contributed by atoms with Crippen molar-refractivity contribution in [3.63, 3.8) is 0 Å². The van der Waals surface area contributed by atoms with Gasteiger partial charge in [0, 0.05) is 25.8 Å². The highest BCUT2D eigenvalue weighted by Gasteiger charge is 2.42. The molecule has 118 valence electrons. The van der Waals surface area contributed by atoms with Gasteiger partial charge in [0.15, 0.2) is 9.84 Å². The number of sulfone groups is 1. The van der Waals surface area contributed by atoms with Crippen LogP contribution in [0.25, 0.3) is 0 Å². The van der Waals surface area contributed by atoms with Crippen LogP contribution in [0.4, 0.5) is 0 Å². The van der Waals surface area contributed by atoms with Crippen molar-refractivity contribution in [3.05, 3.63) is 24.3 Å². The van der Waals surface area contributed by atoms with E-state index in [4.69, 9.17) is 9.47 Å². The number of hydrogen-bond donors (Lipinski definition) is 1. The van der Waals surface area contributed by atoms with E-state index in [1.165, 1.54) is 6.26 Å². The van der Waals surface area contributed by atoms with Crippen molar-refractivity contribution in [3.8, 4) is 5.75 Å². The maximum atomic E-state index is 11.6. The van der Waals surface area contributed by atoms with Crippen LogP contribution in [0.15, 0.2) is 29.2 Å². The molecule has 21 heavy (non-hydrogen) atoms. The summed E-state index contributed by atoms with van der Waals surface area (Å²) in [6.45, 7) is 3.08. The first-order chi connectivity index (χ1) is 9.95. The highest BCUT2D eigenvalue weighted by atomic mass is 32.2. The average Bonchev–Trinajstić information content (AvgIpc) is 2.42. The third-order valence-corrected chi connectivity index (χ3v) is 4.81. The molecule has 0 aliphatic heterocycles. The molecule has 2 rings (SSSR count). The molecular formula is C15H23NO4S. The third kappa shape index (κ3) is 3.96. The minimum atomic E-state index is -3.22. The van der Waals surface area contributed by atoms with Gasteiger partial charge in [-0.2, -0.15) is 0 Å². The number of ether oxygens (including phenoxy) is 2. The Morgan fingerprint density at radius 2 is 2.14 bits per heavy atom. The third-order valence-electron chi connectivity index (χ3n) is 3.70. The van der Waals surface area contributed by atoms with E-state index in [1.807, 2.05) is 0 Å². The molecule has 1 N–H and O–H groups in total. The maximum Gasteiger partial charge on any atom is 0.175 e. The summed E-state index contributed by atoms with van der Waals surface area (Å²) in [6, 6.07) is 6.91. The fourth-order valence-electron chi connectivity index (χ4n) is 2.50. The largest absolute Gasteiger partial charge is 0.488 e. The Balaban J connectivity index is 2.00. The second kappa shape index (κ2) is 6.77. The fraction of sp³-hybridized carbons (Fsp3) is 0.600. The second-order valence-electron chi connectivity index (χ2n) is 5.40. The maximum absolute atomic E-state index is 11.6. The molecule has 1 saturated carbocycles. The predicted octanol–water partition coefficient (Wildman–Crippen LogP) is 1.62. The summed E-state index contributed by atoms with van der Waals surface area (Å²) in [7, 11) is -1.54. The Bertz CT molecular complexity index is 573. The lowest BCUT2D eigenvalue weighted by Crippen LogP contribution is -2.61. The average molecular weight is 313 g/mol. The van der Waals surface area contributed by atoms with Gasteiger partial charge in [-0.3, -0.25) is 0 Å². The summed E-state index contributed by atoms with van der Waals surface area (Å²) < 4.78 is 34.5. The van der Waals surface area contributed by atoms with E-state index in [0.29, 0.717) is 11.8 Å². The number of rotatable bonds is 7. The van der Waals surface area contributed by atoms with E-state index in [0.717, 1.165) is 19.4 Å². The summed E-state index contributed by atoms with van der Waals surface area (Å²) >= 11 is 0. The Morgan fingerprint density at radius 1 is 1.38 bits per heavy atom. The van der Waals surface area contributed by atoms with Crippen molar-refractivity contribution < 1.29 is 17.9 Å². The molecule has 5 nitrogen and oxygen atoms in total. The highest BCUT2D eigenvalue weighted by Crippen LogP contribution is 2.29. The van der Waals surface area contributed by atoms with E-state index in [-0.39, 0.29) is 17.1 Å². The molecule has 0 aromatic heterocycles. The predicted molar refractivity (Wildman–Crippen MR) is 81.5 cm³/mol. The van der Waals surface area contributed by atoms with Crippen LogP contribution in [-0.4, -0.2) is 46.6 Å². The van der Waals surface area contributed by atoms with Crippen molar-refractivity contribution in [2.75, 3.05) is 19.9 Å². The van der Waals surface area contributed by atoms with Crippen LogP contribution >= 0.6 is 0 Å². The van der Waals surface area contributed by atoms with Gasteiger partial charge in [0.05, 0.1) is 4.90 Å². The minimum Gasteiger partial charge on any atom is -0.488 e. The molecule has 0 radical (unpaired) electrons. The first-order valence-corrected chi connectivity index (χ1v) is 9.07. The second-order valence-corrected chi connectivity index (χ2v) is 7.42. The molecule has 3 unspecified atom stereocenters. The van der Waals surface area contributed by atoms with Crippen LogP contribution in [-0.2, 0) is 14.6 Å². The van der Waals surface area contributed by atoms with E-state index in [1.54, 1.807) is 31.4 Å². The lowest BCUT2D eigenvalue weighted by Gasteiger charge is -2.43.